The van der Waals surface area contributed by atoms with Gasteiger partial charge in [-0.1, -0.05) is 24.3 Å². The molecule has 94 valence electrons. The van der Waals surface area contributed by atoms with Crippen LogP contribution in [-0.4, -0.2) is 22.5 Å². The van der Waals surface area contributed by atoms with Crippen LogP contribution in [0.5, 0.6) is 0 Å². The molecule has 0 bridgehead atoms. The van der Waals surface area contributed by atoms with Gasteiger partial charge in [0.2, 0.25) is 0 Å². The summed E-state index contributed by atoms with van der Waals surface area (Å²) in [6, 6.07) is 8.83. The summed E-state index contributed by atoms with van der Waals surface area (Å²) in [6.45, 7) is 2.09. The molecule has 1 fully saturated rings. The first-order valence-corrected chi connectivity index (χ1v) is 7.68. The number of nitrogens with one attached hydrogen (secondary N) is 1. The summed E-state index contributed by atoms with van der Waals surface area (Å²) in [5.74, 6) is 0.716. The van der Waals surface area contributed by atoms with Crippen LogP contribution in [0.25, 0.3) is 0 Å². The highest BCUT2D eigenvalue weighted by atomic mass is 32.2. The SMILES string of the molecule is CNC1CCC(S(=O)Cc2ccccc2C)C1. The topological polar surface area (TPSA) is 29.1 Å². The Kier molecular flexibility index (Phi) is 4.35. The Hall–Kier alpha value is -0.670. The summed E-state index contributed by atoms with van der Waals surface area (Å²) in [5, 5.41) is 3.67. The summed E-state index contributed by atoms with van der Waals surface area (Å²) in [4.78, 5) is 0. The van der Waals surface area contributed by atoms with E-state index in [9.17, 15) is 4.21 Å². The van der Waals surface area contributed by atoms with Crippen molar-refractivity contribution in [2.75, 3.05) is 7.05 Å². The molecule has 0 amide bonds. The van der Waals surface area contributed by atoms with E-state index in [1.165, 1.54) is 17.5 Å². The quantitative estimate of drug-likeness (QED) is 0.890. The van der Waals surface area contributed by atoms with Crippen molar-refractivity contribution in [3.05, 3.63) is 35.4 Å². The van der Waals surface area contributed by atoms with Crippen molar-refractivity contribution in [2.24, 2.45) is 0 Å². The summed E-state index contributed by atoms with van der Waals surface area (Å²) >= 11 is 0. The Morgan fingerprint density at radius 1 is 1.35 bits per heavy atom. The molecule has 0 aliphatic heterocycles. The van der Waals surface area contributed by atoms with Crippen LogP contribution >= 0.6 is 0 Å². The van der Waals surface area contributed by atoms with Gasteiger partial charge in [0.05, 0.1) is 0 Å². The zero-order chi connectivity index (χ0) is 12.3. The molecule has 17 heavy (non-hydrogen) atoms. The average molecular weight is 251 g/mol. The predicted molar refractivity (Wildman–Crippen MR) is 73.5 cm³/mol. The maximum absolute atomic E-state index is 12.3. The molecular weight excluding hydrogens is 230 g/mol. The molecule has 0 saturated heterocycles. The van der Waals surface area contributed by atoms with E-state index >= 15 is 0 Å². The standard InChI is InChI=1S/C14H21NOS/c1-11-5-3-4-6-12(11)10-17(16)14-8-7-13(9-14)15-2/h3-6,13-15H,7-10H2,1-2H3. The maximum atomic E-state index is 12.3. The second kappa shape index (κ2) is 5.78. The van der Waals surface area contributed by atoms with E-state index in [2.05, 4.69) is 24.4 Å². The number of benzene rings is 1. The first-order valence-electron chi connectivity index (χ1n) is 6.29. The van der Waals surface area contributed by atoms with Crippen LogP contribution in [0.2, 0.25) is 0 Å². The minimum atomic E-state index is -0.719. The molecular formula is C14H21NOS. The summed E-state index contributed by atoms with van der Waals surface area (Å²) in [5.41, 5.74) is 2.49. The largest absolute Gasteiger partial charge is 0.317 e. The second-order valence-electron chi connectivity index (χ2n) is 4.87. The molecule has 2 rings (SSSR count). The molecule has 0 spiro atoms. The Morgan fingerprint density at radius 3 is 2.76 bits per heavy atom. The lowest BCUT2D eigenvalue weighted by molar-refractivity contribution is 0.581. The van der Waals surface area contributed by atoms with Gasteiger partial charge in [-0.2, -0.15) is 0 Å². The predicted octanol–water partition coefficient (Wildman–Crippen LogP) is 2.38. The smallest absolute Gasteiger partial charge is 0.0491 e. The van der Waals surface area contributed by atoms with Crippen molar-refractivity contribution in [3.8, 4) is 0 Å². The molecule has 3 unspecified atom stereocenters. The molecule has 1 aromatic rings. The van der Waals surface area contributed by atoms with Crippen molar-refractivity contribution in [1.29, 1.82) is 0 Å². The van der Waals surface area contributed by atoms with Gasteiger partial charge in [0.25, 0.3) is 0 Å². The fraction of sp³-hybridized carbons (Fsp3) is 0.571. The number of hydrogen-bond acceptors (Lipinski definition) is 2. The van der Waals surface area contributed by atoms with Crippen LogP contribution in [-0.2, 0) is 16.6 Å². The normalized spacial score (nSPS) is 26.0. The van der Waals surface area contributed by atoms with Gasteiger partial charge in [0.15, 0.2) is 0 Å². The summed E-state index contributed by atoms with van der Waals surface area (Å²) < 4.78 is 12.3. The third-order valence-electron chi connectivity index (χ3n) is 3.72. The lowest BCUT2D eigenvalue weighted by Gasteiger charge is -2.12. The Labute approximate surface area is 106 Å². The van der Waals surface area contributed by atoms with E-state index in [-0.39, 0.29) is 0 Å². The first kappa shape index (κ1) is 12.8. The second-order valence-corrected chi connectivity index (χ2v) is 6.59. The molecule has 2 nitrogen and oxygen atoms in total. The van der Waals surface area contributed by atoms with E-state index in [4.69, 9.17) is 0 Å². The van der Waals surface area contributed by atoms with Crippen molar-refractivity contribution in [1.82, 2.24) is 5.32 Å². The van der Waals surface area contributed by atoms with Crippen molar-refractivity contribution < 1.29 is 4.21 Å². The molecule has 1 aliphatic carbocycles. The molecule has 3 atom stereocenters. The van der Waals surface area contributed by atoms with E-state index in [0.717, 1.165) is 12.8 Å². The molecule has 1 aromatic carbocycles. The van der Waals surface area contributed by atoms with Crippen molar-refractivity contribution >= 4 is 10.8 Å². The summed E-state index contributed by atoms with van der Waals surface area (Å²) in [6.07, 6.45) is 3.33. The van der Waals surface area contributed by atoms with Gasteiger partial charge in [0.1, 0.15) is 0 Å². The fourth-order valence-electron chi connectivity index (χ4n) is 2.48. The highest BCUT2D eigenvalue weighted by Gasteiger charge is 2.27. The Balaban J connectivity index is 1.96. The lowest BCUT2D eigenvalue weighted by atomic mass is 10.1. The minimum Gasteiger partial charge on any atom is -0.317 e. The number of aryl methyl sites for hydroxylation is 1. The minimum absolute atomic E-state index is 0.382. The van der Waals surface area contributed by atoms with Gasteiger partial charge in [-0.3, -0.25) is 4.21 Å². The number of hydrogen-bond donors (Lipinski definition) is 1. The van der Waals surface area contributed by atoms with E-state index in [1.54, 1.807) is 0 Å². The average Bonchev–Trinajstić information content (AvgIpc) is 2.81. The van der Waals surface area contributed by atoms with Gasteiger partial charge >= 0.3 is 0 Å². The van der Waals surface area contributed by atoms with Gasteiger partial charge in [-0.25, -0.2) is 0 Å². The third kappa shape index (κ3) is 3.17. The molecule has 1 N–H and O–H groups in total. The highest BCUT2D eigenvalue weighted by Crippen LogP contribution is 2.25. The highest BCUT2D eigenvalue weighted by molar-refractivity contribution is 7.84. The van der Waals surface area contributed by atoms with E-state index < -0.39 is 10.8 Å². The van der Waals surface area contributed by atoms with E-state index in [1.807, 2.05) is 19.2 Å². The Bertz CT molecular complexity index is 405. The van der Waals surface area contributed by atoms with Crippen LogP contribution in [0.3, 0.4) is 0 Å². The van der Waals surface area contributed by atoms with Gasteiger partial charge in [0, 0.05) is 27.8 Å². The zero-order valence-electron chi connectivity index (χ0n) is 10.6. The van der Waals surface area contributed by atoms with Crippen LogP contribution < -0.4 is 5.32 Å². The molecule has 3 heteroatoms. The molecule has 1 saturated carbocycles. The van der Waals surface area contributed by atoms with Gasteiger partial charge < -0.3 is 5.32 Å². The third-order valence-corrected chi connectivity index (χ3v) is 5.49. The van der Waals surface area contributed by atoms with Crippen LogP contribution in [0.4, 0.5) is 0 Å². The van der Waals surface area contributed by atoms with Crippen LogP contribution in [0.15, 0.2) is 24.3 Å². The van der Waals surface area contributed by atoms with Crippen LogP contribution in [0.1, 0.15) is 30.4 Å². The molecule has 0 radical (unpaired) electrons. The van der Waals surface area contributed by atoms with Crippen LogP contribution in [0, 0.1) is 6.92 Å². The molecule has 1 aliphatic rings. The van der Waals surface area contributed by atoms with Crippen molar-refractivity contribution in [2.45, 2.75) is 43.2 Å². The maximum Gasteiger partial charge on any atom is 0.0491 e. The Morgan fingerprint density at radius 2 is 2.12 bits per heavy atom. The first-order chi connectivity index (χ1) is 8.20. The molecule has 0 aromatic heterocycles. The monoisotopic (exact) mass is 251 g/mol. The molecule has 0 heterocycles. The summed E-state index contributed by atoms with van der Waals surface area (Å²) in [7, 11) is 1.28. The van der Waals surface area contributed by atoms with Crippen molar-refractivity contribution in [3.63, 3.8) is 0 Å². The fourth-order valence-corrected chi connectivity index (χ4v) is 4.20. The lowest BCUT2D eigenvalue weighted by Crippen LogP contribution is -2.23. The number of rotatable bonds is 4. The van der Waals surface area contributed by atoms with Gasteiger partial charge in [-0.15, -0.1) is 0 Å². The van der Waals surface area contributed by atoms with E-state index in [0.29, 0.717) is 17.0 Å². The zero-order valence-corrected chi connectivity index (χ0v) is 11.4. The van der Waals surface area contributed by atoms with Gasteiger partial charge in [-0.05, 0) is 44.4 Å².